The average Bonchev–Trinajstić information content (AvgIpc) is 3.17. The van der Waals surface area contributed by atoms with Crippen molar-refractivity contribution < 1.29 is 9.59 Å². The molecule has 0 fully saturated rings. The van der Waals surface area contributed by atoms with Gasteiger partial charge in [0.15, 0.2) is 0 Å². The van der Waals surface area contributed by atoms with Gasteiger partial charge in [0.1, 0.15) is 0 Å². The monoisotopic (exact) mass is 392 g/mol. The number of rotatable bonds is 4. The van der Waals surface area contributed by atoms with Gasteiger partial charge in [0.2, 0.25) is 5.91 Å². The highest BCUT2D eigenvalue weighted by Crippen LogP contribution is 2.36. The van der Waals surface area contributed by atoms with E-state index in [9.17, 15) is 9.59 Å². The molecule has 142 valence electrons. The first-order chi connectivity index (χ1) is 13.5. The summed E-state index contributed by atoms with van der Waals surface area (Å²) in [4.78, 5) is 27.4. The molecule has 1 aliphatic heterocycles. The summed E-state index contributed by atoms with van der Waals surface area (Å²) in [6.07, 6.45) is 3.69. The molecule has 2 heterocycles. The van der Waals surface area contributed by atoms with Crippen LogP contribution < -0.4 is 5.32 Å². The van der Waals surface area contributed by atoms with Gasteiger partial charge in [0.25, 0.3) is 5.91 Å². The van der Waals surface area contributed by atoms with Crippen LogP contribution in [0, 0.1) is 0 Å². The van der Waals surface area contributed by atoms with Crippen molar-refractivity contribution in [3.05, 3.63) is 72.1 Å². The second-order valence-electron chi connectivity index (χ2n) is 6.75. The molecule has 0 unspecified atom stereocenters. The molecule has 7 heteroatoms. The number of thioether (sulfide) groups is 1. The number of anilines is 1. The van der Waals surface area contributed by atoms with E-state index in [1.165, 1.54) is 11.8 Å². The SMILES string of the molecule is C[C@@H]1Sc2ccc(C(=O)N(C)Cc3cnn(-c4ccccc4)c3)cc2NC1=O. The summed E-state index contributed by atoms with van der Waals surface area (Å²) >= 11 is 1.50. The summed E-state index contributed by atoms with van der Waals surface area (Å²) in [7, 11) is 1.76. The van der Waals surface area contributed by atoms with Crippen LogP contribution in [0.2, 0.25) is 0 Å². The number of hydrogen-bond donors (Lipinski definition) is 1. The fourth-order valence-electron chi connectivity index (χ4n) is 3.07. The zero-order chi connectivity index (χ0) is 19.7. The van der Waals surface area contributed by atoms with Gasteiger partial charge in [-0.05, 0) is 37.3 Å². The Hall–Kier alpha value is -3.06. The first-order valence-electron chi connectivity index (χ1n) is 8.97. The summed E-state index contributed by atoms with van der Waals surface area (Å²) < 4.78 is 1.79. The Kier molecular flexibility index (Phi) is 4.92. The maximum Gasteiger partial charge on any atom is 0.253 e. The number of aromatic nitrogens is 2. The first kappa shape index (κ1) is 18.3. The molecular formula is C21H20N4O2S. The lowest BCUT2D eigenvalue weighted by Gasteiger charge is -2.23. The lowest BCUT2D eigenvalue weighted by Crippen LogP contribution is -2.28. The van der Waals surface area contributed by atoms with E-state index in [-0.39, 0.29) is 17.1 Å². The number of nitrogens with one attached hydrogen (secondary N) is 1. The van der Waals surface area contributed by atoms with Gasteiger partial charge in [-0.15, -0.1) is 11.8 Å². The van der Waals surface area contributed by atoms with Crippen LogP contribution in [0.15, 0.2) is 65.8 Å². The van der Waals surface area contributed by atoms with Gasteiger partial charge in [-0.2, -0.15) is 5.10 Å². The van der Waals surface area contributed by atoms with Crippen molar-refractivity contribution in [2.24, 2.45) is 0 Å². The molecule has 0 saturated carbocycles. The Morgan fingerprint density at radius 3 is 2.82 bits per heavy atom. The normalized spacial score (nSPS) is 15.6. The summed E-state index contributed by atoms with van der Waals surface area (Å²) in [6.45, 7) is 2.31. The molecule has 1 aliphatic rings. The standard InChI is InChI=1S/C21H20N4O2S/c1-14-20(26)23-18-10-16(8-9-19(18)28-14)21(27)24(2)12-15-11-22-25(13-15)17-6-4-3-5-7-17/h3-11,13-14H,12H2,1-2H3,(H,23,26)/t14-/m0/s1. The third-order valence-corrected chi connectivity index (χ3v) is 5.76. The summed E-state index contributed by atoms with van der Waals surface area (Å²) in [5.41, 5.74) is 3.16. The van der Waals surface area contributed by atoms with E-state index in [0.717, 1.165) is 16.1 Å². The van der Waals surface area contributed by atoms with Gasteiger partial charge in [0.05, 0.1) is 22.8 Å². The fourth-order valence-corrected chi connectivity index (χ4v) is 4.00. The van der Waals surface area contributed by atoms with Gasteiger partial charge < -0.3 is 10.2 Å². The van der Waals surface area contributed by atoms with Crippen molar-refractivity contribution in [3.63, 3.8) is 0 Å². The molecule has 4 rings (SSSR count). The van der Waals surface area contributed by atoms with Crippen LogP contribution in [-0.2, 0) is 11.3 Å². The van der Waals surface area contributed by atoms with Gasteiger partial charge in [-0.25, -0.2) is 4.68 Å². The number of nitrogens with zero attached hydrogens (tertiary/aromatic N) is 3. The van der Waals surface area contributed by atoms with E-state index >= 15 is 0 Å². The van der Waals surface area contributed by atoms with Crippen LogP contribution >= 0.6 is 11.8 Å². The number of carbonyl (C=O) groups excluding carboxylic acids is 2. The molecule has 28 heavy (non-hydrogen) atoms. The second kappa shape index (κ2) is 7.52. The van der Waals surface area contributed by atoms with Gasteiger partial charge in [0, 0.05) is 35.8 Å². The minimum Gasteiger partial charge on any atom is -0.337 e. The Labute approximate surface area is 167 Å². The summed E-state index contributed by atoms with van der Waals surface area (Å²) in [5, 5.41) is 7.12. The zero-order valence-electron chi connectivity index (χ0n) is 15.6. The van der Waals surface area contributed by atoms with Crippen LogP contribution in [0.4, 0.5) is 5.69 Å². The molecule has 0 saturated heterocycles. The molecule has 1 N–H and O–H groups in total. The van der Waals surface area contributed by atoms with Crippen molar-refractivity contribution >= 4 is 29.3 Å². The van der Waals surface area contributed by atoms with Crippen LogP contribution in [0.25, 0.3) is 5.69 Å². The summed E-state index contributed by atoms with van der Waals surface area (Å²) in [6, 6.07) is 15.3. The van der Waals surface area contributed by atoms with Crippen molar-refractivity contribution in [2.75, 3.05) is 12.4 Å². The number of amides is 2. The number of para-hydroxylation sites is 1. The number of hydrogen-bond acceptors (Lipinski definition) is 4. The number of fused-ring (bicyclic) bond motifs is 1. The molecule has 1 aromatic heterocycles. The van der Waals surface area contributed by atoms with Crippen LogP contribution in [0.3, 0.4) is 0 Å². The van der Waals surface area contributed by atoms with E-state index in [2.05, 4.69) is 10.4 Å². The zero-order valence-corrected chi connectivity index (χ0v) is 16.4. The Balaban J connectivity index is 1.48. The number of carbonyl (C=O) groups is 2. The van der Waals surface area contributed by atoms with Crippen molar-refractivity contribution in [1.29, 1.82) is 0 Å². The lowest BCUT2D eigenvalue weighted by molar-refractivity contribution is -0.115. The maximum absolute atomic E-state index is 12.8. The maximum atomic E-state index is 12.8. The lowest BCUT2D eigenvalue weighted by atomic mass is 10.1. The predicted octanol–water partition coefficient (Wildman–Crippen LogP) is 3.58. The quantitative estimate of drug-likeness (QED) is 0.737. The van der Waals surface area contributed by atoms with E-state index in [4.69, 9.17) is 0 Å². The highest BCUT2D eigenvalue weighted by Gasteiger charge is 2.24. The third kappa shape index (κ3) is 3.66. The molecule has 0 radical (unpaired) electrons. The molecule has 2 amide bonds. The smallest absolute Gasteiger partial charge is 0.253 e. The Morgan fingerprint density at radius 1 is 1.25 bits per heavy atom. The van der Waals surface area contributed by atoms with Crippen LogP contribution in [0.5, 0.6) is 0 Å². The topological polar surface area (TPSA) is 67.2 Å². The minimum absolute atomic E-state index is 0.0382. The van der Waals surface area contributed by atoms with Gasteiger partial charge >= 0.3 is 0 Å². The molecule has 1 atom stereocenters. The molecular weight excluding hydrogens is 372 g/mol. The average molecular weight is 392 g/mol. The molecule has 2 aromatic carbocycles. The molecule has 3 aromatic rings. The highest BCUT2D eigenvalue weighted by atomic mass is 32.2. The fraction of sp³-hybridized carbons (Fsp3) is 0.190. The van der Waals surface area contributed by atoms with E-state index in [1.54, 1.807) is 28.9 Å². The van der Waals surface area contributed by atoms with Gasteiger partial charge in [-0.1, -0.05) is 18.2 Å². The molecule has 0 spiro atoms. The summed E-state index contributed by atoms with van der Waals surface area (Å²) in [5.74, 6) is -0.142. The van der Waals surface area contributed by atoms with E-state index < -0.39 is 0 Å². The van der Waals surface area contributed by atoms with Crippen LogP contribution in [-0.4, -0.2) is 38.8 Å². The second-order valence-corrected chi connectivity index (χ2v) is 8.13. The van der Waals surface area contributed by atoms with Crippen molar-refractivity contribution in [2.45, 2.75) is 23.6 Å². The number of benzene rings is 2. The molecule has 0 bridgehead atoms. The molecule has 6 nitrogen and oxygen atoms in total. The molecule has 0 aliphatic carbocycles. The van der Waals surface area contributed by atoms with E-state index in [0.29, 0.717) is 17.8 Å². The van der Waals surface area contributed by atoms with Crippen molar-refractivity contribution in [1.82, 2.24) is 14.7 Å². The highest BCUT2D eigenvalue weighted by molar-refractivity contribution is 8.00. The van der Waals surface area contributed by atoms with Crippen molar-refractivity contribution in [3.8, 4) is 5.69 Å². The Morgan fingerprint density at radius 2 is 2.04 bits per heavy atom. The van der Waals surface area contributed by atoms with E-state index in [1.807, 2.05) is 55.6 Å². The van der Waals surface area contributed by atoms with Gasteiger partial charge in [-0.3, -0.25) is 9.59 Å². The first-order valence-corrected chi connectivity index (χ1v) is 9.85. The minimum atomic E-state index is -0.127. The largest absolute Gasteiger partial charge is 0.337 e. The Bertz CT molecular complexity index is 1030. The van der Waals surface area contributed by atoms with Crippen LogP contribution in [0.1, 0.15) is 22.8 Å². The third-order valence-electron chi connectivity index (χ3n) is 4.58. The predicted molar refractivity (Wildman–Crippen MR) is 110 cm³/mol.